The number of aliphatic hydroxyl groups is 1. The predicted octanol–water partition coefficient (Wildman–Crippen LogP) is 1.70. The van der Waals surface area contributed by atoms with E-state index in [0.29, 0.717) is 32.7 Å². The molecule has 1 atom stereocenters. The zero-order chi connectivity index (χ0) is 13.0. The second-order valence-electron chi connectivity index (χ2n) is 4.60. The molecule has 2 rings (SSSR count). The van der Waals surface area contributed by atoms with E-state index in [2.05, 4.69) is 21.2 Å². The summed E-state index contributed by atoms with van der Waals surface area (Å²) in [5.74, 6) is 0.821. The Balaban J connectivity index is 1.85. The van der Waals surface area contributed by atoms with Gasteiger partial charge in [-0.2, -0.15) is 0 Å². The molecule has 0 saturated carbocycles. The van der Waals surface area contributed by atoms with Crippen molar-refractivity contribution in [2.24, 2.45) is 0 Å². The molecule has 1 aromatic carbocycles. The van der Waals surface area contributed by atoms with E-state index in [0.717, 1.165) is 15.8 Å². The summed E-state index contributed by atoms with van der Waals surface area (Å²) in [4.78, 5) is 0. The molecule has 1 unspecified atom stereocenters. The smallest absolute Gasteiger partial charge is 0.133 e. The van der Waals surface area contributed by atoms with Gasteiger partial charge in [0, 0.05) is 26.1 Å². The lowest BCUT2D eigenvalue weighted by atomic mass is 10.0. The third-order valence-electron chi connectivity index (χ3n) is 3.08. The minimum Gasteiger partial charge on any atom is -0.496 e. The predicted molar refractivity (Wildman–Crippen MR) is 72.8 cm³/mol. The second-order valence-corrected chi connectivity index (χ2v) is 5.45. The topological polar surface area (TPSA) is 50.7 Å². The van der Waals surface area contributed by atoms with Crippen molar-refractivity contribution < 1.29 is 14.6 Å². The minimum atomic E-state index is -0.705. The van der Waals surface area contributed by atoms with Crippen molar-refractivity contribution >= 4 is 15.9 Å². The standard InChI is InChI=1S/C13H18BrNO3/c1-17-12-3-2-10(6-11(12)14)7-15-8-13(16)4-5-18-9-13/h2-3,6,15-16H,4-5,7-9H2,1H3. The molecule has 18 heavy (non-hydrogen) atoms. The van der Waals surface area contributed by atoms with Gasteiger partial charge in [0.15, 0.2) is 0 Å². The van der Waals surface area contributed by atoms with Crippen LogP contribution in [0.4, 0.5) is 0 Å². The first-order chi connectivity index (χ1) is 8.63. The van der Waals surface area contributed by atoms with Gasteiger partial charge in [-0.05, 0) is 33.6 Å². The van der Waals surface area contributed by atoms with Gasteiger partial charge in [-0.1, -0.05) is 6.07 Å². The molecule has 1 fully saturated rings. The van der Waals surface area contributed by atoms with Crippen LogP contribution < -0.4 is 10.1 Å². The summed E-state index contributed by atoms with van der Waals surface area (Å²) in [5, 5.41) is 13.3. The van der Waals surface area contributed by atoms with E-state index < -0.39 is 5.60 Å². The highest BCUT2D eigenvalue weighted by atomic mass is 79.9. The first kappa shape index (κ1) is 13.8. The van der Waals surface area contributed by atoms with Crippen molar-refractivity contribution in [3.63, 3.8) is 0 Å². The molecule has 0 bridgehead atoms. The van der Waals surface area contributed by atoms with Crippen LogP contribution in [-0.4, -0.2) is 37.6 Å². The Kier molecular flexibility index (Phi) is 4.61. The molecule has 1 heterocycles. The van der Waals surface area contributed by atoms with E-state index in [1.165, 1.54) is 0 Å². The molecule has 5 heteroatoms. The Bertz CT molecular complexity index is 405. The molecule has 2 N–H and O–H groups in total. The van der Waals surface area contributed by atoms with Crippen molar-refractivity contribution in [3.05, 3.63) is 28.2 Å². The summed E-state index contributed by atoms with van der Waals surface area (Å²) in [7, 11) is 1.65. The van der Waals surface area contributed by atoms with Crippen LogP contribution in [0.3, 0.4) is 0 Å². The van der Waals surface area contributed by atoms with E-state index in [9.17, 15) is 5.11 Å². The monoisotopic (exact) mass is 315 g/mol. The van der Waals surface area contributed by atoms with E-state index in [1.807, 2.05) is 18.2 Å². The number of benzene rings is 1. The quantitative estimate of drug-likeness (QED) is 0.868. The van der Waals surface area contributed by atoms with Crippen LogP contribution in [0.15, 0.2) is 22.7 Å². The van der Waals surface area contributed by atoms with Crippen molar-refractivity contribution in [2.45, 2.75) is 18.6 Å². The fourth-order valence-electron chi connectivity index (χ4n) is 2.00. The van der Waals surface area contributed by atoms with E-state index in [-0.39, 0.29) is 0 Å². The molecule has 0 aromatic heterocycles. The number of rotatable bonds is 5. The maximum Gasteiger partial charge on any atom is 0.133 e. The summed E-state index contributed by atoms with van der Waals surface area (Å²) < 4.78 is 11.3. The van der Waals surface area contributed by atoms with Crippen LogP contribution in [0.2, 0.25) is 0 Å². The summed E-state index contributed by atoms with van der Waals surface area (Å²) in [5.41, 5.74) is 0.439. The average molecular weight is 316 g/mol. The summed E-state index contributed by atoms with van der Waals surface area (Å²) in [6, 6.07) is 5.95. The van der Waals surface area contributed by atoms with Crippen molar-refractivity contribution in [2.75, 3.05) is 26.9 Å². The number of hydrogen-bond donors (Lipinski definition) is 2. The van der Waals surface area contributed by atoms with Gasteiger partial charge >= 0.3 is 0 Å². The zero-order valence-electron chi connectivity index (χ0n) is 10.4. The molecule has 0 aliphatic carbocycles. The van der Waals surface area contributed by atoms with Crippen LogP contribution in [-0.2, 0) is 11.3 Å². The zero-order valence-corrected chi connectivity index (χ0v) is 12.0. The lowest BCUT2D eigenvalue weighted by molar-refractivity contribution is 0.0268. The molecule has 0 radical (unpaired) electrons. The number of hydrogen-bond acceptors (Lipinski definition) is 4. The number of methoxy groups -OCH3 is 1. The summed E-state index contributed by atoms with van der Waals surface area (Å²) in [6.45, 7) is 2.33. The third kappa shape index (κ3) is 3.45. The molecule has 1 aliphatic heterocycles. The van der Waals surface area contributed by atoms with Crippen molar-refractivity contribution in [1.82, 2.24) is 5.32 Å². The van der Waals surface area contributed by atoms with Crippen LogP contribution in [0.25, 0.3) is 0 Å². The summed E-state index contributed by atoms with van der Waals surface area (Å²) in [6.07, 6.45) is 0.701. The van der Waals surface area contributed by atoms with Crippen molar-refractivity contribution in [3.8, 4) is 5.75 Å². The lowest BCUT2D eigenvalue weighted by Crippen LogP contribution is -2.40. The Labute approximate surface area is 115 Å². The third-order valence-corrected chi connectivity index (χ3v) is 3.70. The highest BCUT2D eigenvalue weighted by Crippen LogP contribution is 2.25. The van der Waals surface area contributed by atoms with Crippen LogP contribution in [0.5, 0.6) is 5.75 Å². The van der Waals surface area contributed by atoms with Crippen molar-refractivity contribution in [1.29, 1.82) is 0 Å². The molecule has 0 amide bonds. The number of halogens is 1. The second kappa shape index (κ2) is 6.02. The van der Waals surface area contributed by atoms with Gasteiger partial charge in [-0.25, -0.2) is 0 Å². The first-order valence-electron chi connectivity index (χ1n) is 5.96. The SMILES string of the molecule is COc1ccc(CNCC2(O)CCOC2)cc1Br. The summed E-state index contributed by atoms with van der Waals surface area (Å²) >= 11 is 3.45. The number of nitrogens with one attached hydrogen (secondary N) is 1. The van der Waals surface area contributed by atoms with Gasteiger partial charge in [0.25, 0.3) is 0 Å². The Morgan fingerprint density at radius 2 is 2.39 bits per heavy atom. The molecule has 4 nitrogen and oxygen atoms in total. The largest absolute Gasteiger partial charge is 0.496 e. The van der Waals surface area contributed by atoms with Gasteiger partial charge in [-0.3, -0.25) is 0 Å². The van der Waals surface area contributed by atoms with Crippen LogP contribution in [0, 0.1) is 0 Å². The highest BCUT2D eigenvalue weighted by molar-refractivity contribution is 9.10. The van der Waals surface area contributed by atoms with Gasteiger partial charge in [0.2, 0.25) is 0 Å². The normalized spacial score (nSPS) is 23.3. The highest BCUT2D eigenvalue weighted by Gasteiger charge is 2.31. The van der Waals surface area contributed by atoms with Crippen LogP contribution >= 0.6 is 15.9 Å². The molecule has 0 spiro atoms. The molecule has 1 saturated heterocycles. The fourth-order valence-corrected chi connectivity index (χ4v) is 2.58. The fraction of sp³-hybridized carbons (Fsp3) is 0.538. The molecular formula is C13H18BrNO3. The molecule has 1 aromatic rings. The Morgan fingerprint density at radius 1 is 1.56 bits per heavy atom. The molecule has 1 aliphatic rings. The van der Waals surface area contributed by atoms with Gasteiger partial charge in [0.05, 0.1) is 18.2 Å². The maximum absolute atomic E-state index is 10.1. The lowest BCUT2D eigenvalue weighted by Gasteiger charge is -2.20. The van der Waals surface area contributed by atoms with Gasteiger partial charge in [-0.15, -0.1) is 0 Å². The van der Waals surface area contributed by atoms with E-state index >= 15 is 0 Å². The first-order valence-corrected chi connectivity index (χ1v) is 6.75. The maximum atomic E-state index is 10.1. The number of ether oxygens (including phenoxy) is 2. The minimum absolute atomic E-state index is 0.423. The van der Waals surface area contributed by atoms with Crippen LogP contribution in [0.1, 0.15) is 12.0 Å². The Hall–Kier alpha value is -0.620. The van der Waals surface area contributed by atoms with Gasteiger partial charge < -0.3 is 19.9 Å². The van der Waals surface area contributed by atoms with E-state index in [4.69, 9.17) is 9.47 Å². The molecular weight excluding hydrogens is 298 g/mol. The average Bonchev–Trinajstić information content (AvgIpc) is 2.77. The Morgan fingerprint density at radius 3 is 3.00 bits per heavy atom. The van der Waals surface area contributed by atoms with Gasteiger partial charge in [0.1, 0.15) is 11.4 Å². The van der Waals surface area contributed by atoms with E-state index in [1.54, 1.807) is 7.11 Å². The molecule has 100 valence electrons.